The Morgan fingerprint density at radius 2 is 1.75 bits per heavy atom. The molecule has 0 aliphatic heterocycles. The van der Waals surface area contributed by atoms with E-state index in [2.05, 4.69) is 16.1 Å². The number of hydrogen-bond donors (Lipinski definition) is 0. The zero-order valence-electron chi connectivity index (χ0n) is 9.52. The van der Waals surface area contributed by atoms with Crippen molar-refractivity contribution in [2.24, 2.45) is 0 Å². The number of esters is 2. The van der Waals surface area contributed by atoms with E-state index in [0.29, 0.717) is 6.61 Å². The van der Waals surface area contributed by atoms with Gasteiger partial charge in [0.15, 0.2) is 5.57 Å². The second-order valence-corrected chi connectivity index (χ2v) is 2.82. The highest BCUT2D eigenvalue weighted by atomic mass is 16.5. The molecule has 0 saturated heterocycles. The van der Waals surface area contributed by atoms with Crippen molar-refractivity contribution >= 4 is 11.9 Å². The smallest absolute Gasteiger partial charge is 0.348 e. The fraction of sp³-hybridized carbons (Fsp3) is 0.455. The van der Waals surface area contributed by atoms with Crippen molar-refractivity contribution in [2.45, 2.75) is 12.8 Å². The summed E-state index contributed by atoms with van der Waals surface area (Å²) in [4.78, 5) is 22.3. The van der Waals surface area contributed by atoms with Crippen LogP contribution in [0.3, 0.4) is 0 Å². The fourth-order valence-electron chi connectivity index (χ4n) is 0.853. The second-order valence-electron chi connectivity index (χ2n) is 2.82. The van der Waals surface area contributed by atoms with Crippen LogP contribution in [-0.2, 0) is 23.8 Å². The molecule has 0 saturated carbocycles. The quantitative estimate of drug-likeness (QED) is 0.125. The lowest BCUT2D eigenvalue weighted by Crippen LogP contribution is -2.16. The fourth-order valence-corrected chi connectivity index (χ4v) is 0.853. The van der Waals surface area contributed by atoms with Gasteiger partial charge in [-0.15, -0.1) is 6.58 Å². The molecule has 0 N–H and O–H groups in total. The lowest BCUT2D eigenvalue weighted by Gasteiger charge is -2.04. The molecular weight excluding hydrogens is 212 g/mol. The van der Waals surface area contributed by atoms with Crippen LogP contribution in [0.2, 0.25) is 0 Å². The minimum atomic E-state index is -0.782. The van der Waals surface area contributed by atoms with E-state index in [1.165, 1.54) is 14.2 Å². The van der Waals surface area contributed by atoms with E-state index in [1.54, 1.807) is 6.08 Å². The van der Waals surface area contributed by atoms with Crippen LogP contribution in [0.15, 0.2) is 24.5 Å². The van der Waals surface area contributed by atoms with Crippen LogP contribution in [0.4, 0.5) is 0 Å². The molecule has 0 aliphatic carbocycles. The van der Waals surface area contributed by atoms with E-state index in [0.717, 1.165) is 19.1 Å². The zero-order valence-corrected chi connectivity index (χ0v) is 9.52. The molecule has 5 heteroatoms. The molecule has 16 heavy (non-hydrogen) atoms. The first-order valence-corrected chi connectivity index (χ1v) is 4.76. The van der Waals surface area contributed by atoms with Gasteiger partial charge in [0.2, 0.25) is 0 Å². The van der Waals surface area contributed by atoms with Gasteiger partial charge >= 0.3 is 11.9 Å². The van der Waals surface area contributed by atoms with Gasteiger partial charge in [0.05, 0.1) is 20.8 Å². The summed E-state index contributed by atoms with van der Waals surface area (Å²) in [6.45, 7) is 3.95. The predicted molar refractivity (Wildman–Crippen MR) is 57.5 cm³/mol. The minimum Gasteiger partial charge on any atom is -0.500 e. The molecule has 0 aromatic rings. The Kier molecular flexibility index (Phi) is 7.57. The summed E-state index contributed by atoms with van der Waals surface area (Å²) >= 11 is 0. The molecule has 90 valence electrons. The van der Waals surface area contributed by atoms with Crippen molar-refractivity contribution in [3.8, 4) is 0 Å². The molecule has 0 atom stereocenters. The molecule has 0 rings (SSSR count). The van der Waals surface area contributed by atoms with Crippen LogP contribution in [-0.4, -0.2) is 32.8 Å². The van der Waals surface area contributed by atoms with E-state index in [-0.39, 0.29) is 5.57 Å². The number of rotatable bonds is 7. The predicted octanol–water partition coefficient (Wildman–Crippen LogP) is 1.20. The average molecular weight is 228 g/mol. The second kappa shape index (κ2) is 8.52. The first kappa shape index (κ1) is 14.2. The van der Waals surface area contributed by atoms with E-state index in [9.17, 15) is 9.59 Å². The van der Waals surface area contributed by atoms with Crippen LogP contribution >= 0.6 is 0 Å². The molecule has 0 bridgehead atoms. The molecule has 0 spiro atoms. The Balaban J connectivity index is 4.28. The van der Waals surface area contributed by atoms with Gasteiger partial charge in [0.1, 0.15) is 6.26 Å². The number of allylic oxidation sites excluding steroid dienone is 1. The molecule has 0 unspecified atom stereocenters. The highest BCUT2D eigenvalue weighted by Gasteiger charge is 2.20. The average Bonchev–Trinajstić information content (AvgIpc) is 2.32. The van der Waals surface area contributed by atoms with Crippen LogP contribution in [0.5, 0.6) is 0 Å². The Labute approximate surface area is 94.7 Å². The van der Waals surface area contributed by atoms with Gasteiger partial charge in [0.25, 0.3) is 0 Å². The molecule has 0 aromatic carbocycles. The summed E-state index contributed by atoms with van der Waals surface area (Å²) in [5.74, 6) is -1.56. The molecule has 5 nitrogen and oxygen atoms in total. The maximum Gasteiger partial charge on any atom is 0.348 e. The zero-order chi connectivity index (χ0) is 12.4. The lowest BCUT2D eigenvalue weighted by molar-refractivity contribution is -0.144. The summed E-state index contributed by atoms with van der Waals surface area (Å²) < 4.78 is 13.9. The Morgan fingerprint density at radius 1 is 1.19 bits per heavy atom. The van der Waals surface area contributed by atoms with Crippen LogP contribution in [0.25, 0.3) is 0 Å². The number of hydrogen-bond acceptors (Lipinski definition) is 5. The van der Waals surface area contributed by atoms with E-state index in [1.807, 2.05) is 0 Å². The third kappa shape index (κ3) is 5.19. The summed E-state index contributed by atoms with van der Waals surface area (Å²) in [5, 5.41) is 0. The molecule has 0 heterocycles. The maximum absolute atomic E-state index is 11.1. The third-order valence-electron chi connectivity index (χ3n) is 1.68. The van der Waals surface area contributed by atoms with E-state index < -0.39 is 11.9 Å². The van der Waals surface area contributed by atoms with Gasteiger partial charge in [-0.3, -0.25) is 0 Å². The SMILES string of the molecule is C=CCCCOC=C(C(=O)OC)C(=O)OC. The Bertz CT molecular complexity index is 262. The number of carbonyl (C=O) groups excluding carboxylic acids is 2. The van der Waals surface area contributed by atoms with Crippen molar-refractivity contribution in [1.82, 2.24) is 0 Å². The van der Waals surface area contributed by atoms with Crippen molar-refractivity contribution in [1.29, 1.82) is 0 Å². The molecular formula is C11H16O5. The highest BCUT2D eigenvalue weighted by Crippen LogP contribution is 2.02. The summed E-state index contributed by atoms with van der Waals surface area (Å²) in [5.41, 5.74) is -0.261. The van der Waals surface area contributed by atoms with Crippen molar-refractivity contribution in [3.05, 3.63) is 24.5 Å². The van der Waals surface area contributed by atoms with Crippen molar-refractivity contribution in [2.75, 3.05) is 20.8 Å². The topological polar surface area (TPSA) is 61.8 Å². The van der Waals surface area contributed by atoms with Gasteiger partial charge in [-0.25, -0.2) is 9.59 Å². The molecule has 0 radical (unpaired) electrons. The van der Waals surface area contributed by atoms with Gasteiger partial charge < -0.3 is 14.2 Å². The number of unbranched alkanes of at least 4 members (excludes halogenated alkanes) is 1. The van der Waals surface area contributed by atoms with E-state index >= 15 is 0 Å². The largest absolute Gasteiger partial charge is 0.500 e. The summed E-state index contributed by atoms with van der Waals surface area (Å²) in [6, 6.07) is 0. The molecule has 0 amide bonds. The van der Waals surface area contributed by atoms with E-state index in [4.69, 9.17) is 4.74 Å². The standard InChI is InChI=1S/C11H16O5/c1-4-5-6-7-16-8-9(10(12)14-2)11(13)15-3/h4,8H,1,5-7H2,2-3H3. The van der Waals surface area contributed by atoms with Crippen molar-refractivity contribution < 1.29 is 23.8 Å². The van der Waals surface area contributed by atoms with Crippen LogP contribution < -0.4 is 0 Å². The number of carbonyl (C=O) groups is 2. The normalized spacial score (nSPS) is 8.88. The third-order valence-corrected chi connectivity index (χ3v) is 1.68. The van der Waals surface area contributed by atoms with Crippen LogP contribution in [0, 0.1) is 0 Å². The van der Waals surface area contributed by atoms with Gasteiger partial charge in [0, 0.05) is 0 Å². The van der Waals surface area contributed by atoms with Gasteiger partial charge in [-0.1, -0.05) is 6.08 Å². The molecule has 0 aromatic heterocycles. The Morgan fingerprint density at radius 3 is 2.19 bits per heavy atom. The van der Waals surface area contributed by atoms with Gasteiger partial charge in [-0.2, -0.15) is 0 Å². The van der Waals surface area contributed by atoms with Crippen LogP contribution in [0.1, 0.15) is 12.8 Å². The molecule has 0 aliphatic rings. The number of ether oxygens (including phenoxy) is 3. The maximum atomic E-state index is 11.1. The first-order chi connectivity index (χ1) is 7.67. The summed E-state index contributed by atoms with van der Waals surface area (Å²) in [7, 11) is 2.35. The lowest BCUT2D eigenvalue weighted by atomic mass is 10.3. The Hall–Kier alpha value is -1.78. The highest BCUT2D eigenvalue weighted by molar-refractivity contribution is 6.13. The van der Waals surface area contributed by atoms with Gasteiger partial charge in [-0.05, 0) is 12.8 Å². The number of methoxy groups -OCH3 is 2. The van der Waals surface area contributed by atoms with Crippen molar-refractivity contribution in [3.63, 3.8) is 0 Å². The minimum absolute atomic E-state index is 0.261. The summed E-state index contributed by atoms with van der Waals surface area (Å²) in [6.07, 6.45) is 4.38. The first-order valence-electron chi connectivity index (χ1n) is 4.76. The monoisotopic (exact) mass is 228 g/mol. The molecule has 0 fully saturated rings.